The number of rotatable bonds is 6. The number of carbonyl (C=O) groups is 1. The van der Waals surface area contributed by atoms with Crippen LogP contribution in [0.25, 0.3) is 0 Å². The lowest BCUT2D eigenvalue weighted by molar-refractivity contribution is 0.0765. The molecule has 1 aromatic heterocycles. The van der Waals surface area contributed by atoms with E-state index in [1.807, 2.05) is 24.7 Å². The van der Waals surface area contributed by atoms with Crippen molar-refractivity contribution in [3.63, 3.8) is 0 Å². The molecule has 1 aromatic rings. The number of carbonyl (C=O) groups excluding carboxylic acids is 1. The van der Waals surface area contributed by atoms with Gasteiger partial charge in [-0.15, -0.1) is 6.58 Å². The molecule has 0 aliphatic rings. The summed E-state index contributed by atoms with van der Waals surface area (Å²) in [7, 11) is 1.89. The summed E-state index contributed by atoms with van der Waals surface area (Å²) in [6.07, 6.45) is 4.45. The highest BCUT2D eigenvalue weighted by molar-refractivity contribution is 5.96. The molecule has 3 heteroatoms. The third-order valence-electron chi connectivity index (χ3n) is 2.06. The molecule has 0 saturated heterocycles. The van der Waals surface area contributed by atoms with Crippen LogP contribution in [0.2, 0.25) is 0 Å². The van der Waals surface area contributed by atoms with Gasteiger partial charge in [-0.3, -0.25) is 4.79 Å². The maximum atomic E-state index is 11.5. The topological polar surface area (TPSA) is 31.2 Å². The first-order chi connectivity index (χ1) is 7.09. The van der Waals surface area contributed by atoms with Crippen LogP contribution in [-0.4, -0.2) is 23.6 Å². The summed E-state index contributed by atoms with van der Waals surface area (Å²) in [6.45, 7) is 6.43. The Morgan fingerprint density at radius 3 is 2.87 bits per heavy atom. The molecule has 0 radical (unpaired) electrons. The Kier molecular flexibility index (Phi) is 4.31. The number of hydrogen-bond acceptors (Lipinski definition) is 2. The van der Waals surface area contributed by atoms with E-state index < -0.39 is 0 Å². The van der Waals surface area contributed by atoms with Crippen LogP contribution in [0.1, 0.15) is 23.7 Å². The molecule has 1 heterocycles. The highest BCUT2D eigenvalue weighted by Gasteiger charge is 2.06. The molecule has 1 rings (SSSR count). The van der Waals surface area contributed by atoms with Crippen LogP contribution in [0.3, 0.4) is 0 Å². The van der Waals surface area contributed by atoms with Gasteiger partial charge < -0.3 is 9.30 Å². The number of nitrogens with zero attached hydrogens (tertiary/aromatic N) is 1. The average Bonchev–Trinajstić information content (AvgIpc) is 2.59. The van der Waals surface area contributed by atoms with Crippen LogP contribution in [0.15, 0.2) is 30.6 Å². The zero-order valence-corrected chi connectivity index (χ0v) is 9.32. The van der Waals surface area contributed by atoms with E-state index in [2.05, 4.69) is 6.58 Å². The van der Waals surface area contributed by atoms with Gasteiger partial charge in [0.15, 0.2) is 5.78 Å². The zero-order chi connectivity index (χ0) is 11.3. The van der Waals surface area contributed by atoms with Gasteiger partial charge in [0.2, 0.25) is 0 Å². The predicted octanol–water partition coefficient (Wildman–Crippen LogP) is 2.19. The maximum Gasteiger partial charge on any atom is 0.189 e. The number of aromatic nitrogens is 1. The van der Waals surface area contributed by atoms with Crippen molar-refractivity contribution in [2.75, 3.05) is 13.2 Å². The maximum absolute atomic E-state index is 11.5. The van der Waals surface area contributed by atoms with E-state index >= 15 is 0 Å². The van der Waals surface area contributed by atoms with Crippen LogP contribution in [-0.2, 0) is 11.8 Å². The molecule has 0 N–H and O–H groups in total. The molecule has 0 saturated carbocycles. The highest BCUT2D eigenvalue weighted by atomic mass is 16.5. The van der Waals surface area contributed by atoms with Gasteiger partial charge in [0.1, 0.15) is 6.61 Å². The standard InChI is InChI=1S/C12H17NO2/c1-10(2)5-7-15-9-12(14)11-4-6-13(3)8-11/h4,6,8H,1,5,7,9H2,2-3H3. The molecule has 3 nitrogen and oxygen atoms in total. The Hall–Kier alpha value is -1.35. The van der Waals surface area contributed by atoms with E-state index in [1.54, 1.807) is 12.3 Å². The van der Waals surface area contributed by atoms with Gasteiger partial charge in [0, 0.05) is 25.0 Å². The number of Topliss-reactive ketones (excluding diaryl/α,β-unsaturated/α-hetero) is 1. The molecule has 82 valence electrons. The van der Waals surface area contributed by atoms with Crippen LogP contribution >= 0.6 is 0 Å². The SMILES string of the molecule is C=C(C)CCOCC(=O)c1ccn(C)c1. The quantitative estimate of drug-likeness (QED) is 0.407. The number of aryl methyl sites for hydroxylation is 1. The summed E-state index contributed by atoms with van der Waals surface area (Å²) >= 11 is 0. The van der Waals surface area contributed by atoms with E-state index in [4.69, 9.17) is 4.74 Å². The molecule has 0 aliphatic carbocycles. The summed E-state index contributed by atoms with van der Waals surface area (Å²) in [5.74, 6) is 0.0253. The Morgan fingerprint density at radius 1 is 1.60 bits per heavy atom. The number of ether oxygens (including phenoxy) is 1. The fraction of sp³-hybridized carbons (Fsp3) is 0.417. The summed E-state index contributed by atoms with van der Waals surface area (Å²) in [5.41, 5.74) is 1.77. The molecule has 15 heavy (non-hydrogen) atoms. The zero-order valence-electron chi connectivity index (χ0n) is 9.32. The second-order valence-corrected chi connectivity index (χ2v) is 3.75. The summed E-state index contributed by atoms with van der Waals surface area (Å²) in [6, 6.07) is 1.80. The molecule has 0 aromatic carbocycles. The van der Waals surface area contributed by atoms with Crippen molar-refractivity contribution < 1.29 is 9.53 Å². The molecule has 0 atom stereocenters. The van der Waals surface area contributed by atoms with Crippen molar-refractivity contribution in [3.8, 4) is 0 Å². The lowest BCUT2D eigenvalue weighted by Gasteiger charge is -2.02. The fourth-order valence-corrected chi connectivity index (χ4v) is 1.16. The van der Waals surface area contributed by atoms with Crippen LogP contribution in [0.4, 0.5) is 0 Å². The van der Waals surface area contributed by atoms with Crippen LogP contribution < -0.4 is 0 Å². The Morgan fingerprint density at radius 2 is 2.33 bits per heavy atom. The van der Waals surface area contributed by atoms with Crippen molar-refractivity contribution >= 4 is 5.78 Å². The van der Waals surface area contributed by atoms with Gasteiger partial charge >= 0.3 is 0 Å². The Bertz CT molecular complexity index is 352. The molecule has 0 bridgehead atoms. The first-order valence-electron chi connectivity index (χ1n) is 4.97. The van der Waals surface area contributed by atoms with Crippen LogP contribution in [0, 0.1) is 0 Å². The molecule has 0 spiro atoms. The predicted molar refractivity (Wildman–Crippen MR) is 60.0 cm³/mol. The van der Waals surface area contributed by atoms with E-state index in [0.717, 1.165) is 12.0 Å². The van der Waals surface area contributed by atoms with Crippen molar-refractivity contribution in [3.05, 3.63) is 36.2 Å². The van der Waals surface area contributed by atoms with Gasteiger partial charge in [0.25, 0.3) is 0 Å². The minimum atomic E-state index is 0.0253. The first kappa shape index (κ1) is 11.7. The molecule has 0 unspecified atom stereocenters. The van der Waals surface area contributed by atoms with Gasteiger partial charge in [-0.25, -0.2) is 0 Å². The van der Waals surface area contributed by atoms with Crippen molar-refractivity contribution in [2.45, 2.75) is 13.3 Å². The normalized spacial score (nSPS) is 10.3. The smallest absolute Gasteiger partial charge is 0.189 e. The molecule has 0 fully saturated rings. The fourth-order valence-electron chi connectivity index (χ4n) is 1.16. The molecule has 0 aliphatic heterocycles. The van der Waals surface area contributed by atoms with Gasteiger partial charge in [-0.1, -0.05) is 5.57 Å². The lowest BCUT2D eigenvalue weighted by Crippen LogP contribution is -2.09. The van der Waals surface area contributed by atoms with E-state index in [-0.39, 0.29) is 12.4 Å². The molecule has 0 amide bonds. The van der Waals surface area contributed by atoms with E-state index in [9.17, 15) is 4.79 Å². The van der Waals surface area contributed by atoms with Crippen molar-refractivity contribution in [2.24, 2.45) is 7.05 Å². The highest BCUT2D eigenvalue weighted by Crippen LogP contribution is 2.02. The lowest BCUT2D eigenvalue weighted by atomic mass is 10.2. The van der Waals surface area contributed by atoms with Gasteiger partial charge in [-0.05, 0) is 19.4 Å². The summed E-state index contributed by atoms with van der Waals surface area (Å²) in [5, 5.41) is 0. The summed E-state index contributed by atoms with van der Waals surface area (Å²) in [4.78, 5) is 11.5. The van der Waals surface area contributed by atoms with E-state index in [0.29, 0.717) is 12.2 Å². The van der Waals surface area contributed by atoms with E-state index in [1.165, 1.54) is 0 Å². The van der Waals surface area contributed by atoms with Crippen molar-refractivity contribution in [1.29, 1.82) is 0 Å². The Labute approximate surface area is 90.4 Å². The summed E-state index contributed by atoms with van der Waals surface area (Å²) < 4.78 is 7.10. The largest absolute Gasteiger partial charge is 0.373 e. The number of ketones is 1. The Balaban J connectivity index is 2.28. The van der Waals surface area contributed by atoms with Gasteiger partial charge in [-0.2, -0.15) is 0 Å². The van der Waals surface area contributed by atoms with Crippen LogP contribution in [0.5, 0.6) is 0 Å². The van der Waals surface area contributed by atoms with Gasteiger partial charge in [0.05, 0.1) is 6.61 Å². The number of hydrogen-bond donors (Lipinski definition) is 0. The van der Waals surface area contributed by atoms with Crippen molar-refractivity contribution in [1.82, 2.24) is 4.57 Å². The minimum Gasteiger partial charge on any atom is -0.373 e. The second kappa shape index (κ2) is 5.51. The second-order valence-electron chi connectivity index (χ2n) is 3.75. The third kappa shape index (κ3) is 4.13. The average molecular weight is 207 g/mol. The molecular weight excluding hydrogens is 190 g/mol. The third-order valence-corrected chi connectivity index (χ3v) is 2.06. The molecular formula is C12H17NO2. The monoisotopic (exact) mass is 207 g/mol. The minimum absolute atomic E-state index is 0.0253. The first-order valence-corrected chi connectivity index (χ1v) is 4.97.